The molecule has 0 saturated carbocycles. The second-order valence-corrected chi connectivity index (χ2v) is 14.3. The third-order valence-corrected chi connectivity index (χ3v) is 11.0. The molecule has 8 aromatic carbocycles. The van der Waals surface area contributed by atoms with Crippen LogP contribution in [0.4, 0.5) is 0 Å². The van der Waals surface area contributed by atoms with E-state index >= 15 is 0 Å². The van der Waals surface area contributed by atoms with Crippen LogP contribution in [0.15, 0.2) is 167 Å². The first kappa shape index (κ1) is 29.3. The molecule has 0 atom stereocenters. The number of hydrogen-bond acceptors (Lipinski definition) is 4. The molecule has 0 saturated heterocycles. The zero-order chi connectivity index (χ0) is 35.5. The molecule has 12 aromatic rings. The number of rotatable bonds is 3. The smallest absolute Gasteiger partial charge is 0.235 e. The lowest BCUT2D eigenvalue weighted by Crippen LogP contribution is -2.03. The Hall–Kier alpha value is -7.24. The van der Waals surface area contributed by atoms with Crippen LogP contribution >= 0.6 is 0 Å². The summed E-state index contributed by atoms with van der Waals surface area (Å²) in [5.74, 6) is 0.604. The number of hydrogen-bond donors (Lipinski definition) is 0. The van der Waals surface area contributed by atoms with Crippen molar-refractivity contribution in [2.45, 2.75) is 6.92 Å². The SMILES string of the molecule is Cc1ccc2c(c1)c1cc3c(cc1n2-c1nc(-c2cc(-c4ccccc4)c4oc5cc6ccccc6cc5c4c2)c2ccccc2n1)oc1ccccc13. The Labute approximate surface area is 308 Å². The fourth-order valence-electron chi connectivity index (χ4n) is 8.48. The van der Waals surface area contributed by atoms with Gasteiger partial charge >= 0.3 is 0 Å². The Kier molecular flexibility index (Phi) is 5.92. The summed E-state index contributed by atoms with van der Waals surface area (Å²) in [6, 6.07) is 55.4. The standard InChI is InChI=1S/C49H29N3O2/c1-28-19-20-42-36(21-28)37-26-39-33-15-8-10-18-44(33)53-46(39)27-43(37)52(42)49-50-41-17-9-7-16-34(41)47(51-49)32-23-35(29-11-3-2-4-12-29)48-40(24-32)38-22-30-13-5-6-14-31(30)25-45(38)54-48/h2-27H,1H3. The van der Waals surface area contributed by atoms with E-state index in [0.29, 0.717) is 5.95 Å². The van der Waals surface area contributed by atoms with E-state index in [-0.39, 0.29) is 0 Å². The molecule has 0 aliphatic heterocycles. The molecular weight excluding hydrogens is 663 g/mol. The monoisotopic (exact) mass is 691 g/mol. The fourth-order valence-corrected chi connectivity index (χ4v) is 8.48. The molecule has 0 unspecified atom stereocenters. The number of furan rings is 2. The highest BCUT2D eigenvalue weighted by molar-refractivity contribution is 6.18. The highest BCUT2D eigenvalue weighted by atomic mass is 16.3. The molecule has 0 aliphatic carbocycles. The van der Waals surface area contributed by atoms with Gasteiger partial charge in [-0.3, -0.25) is 4.57 Å². The molecule has 12 rings (SSSR count). The normalized spacial score (nSPS) is 12.2. The van der Waals surface area contributed by atoms with Crippen molar-refractivity contribution >= 4 is 87.4 Å². The van der Waals surface area contributed by atoms with Crippen LogP contribution in [0, 0.1) is 6.92 Å². The highest BCUT2D eigenvalue weighted by Crippen LogP contribution is 2.43. The summed E-state index contributed by atoms with van der Waals surface area (Å²) in [5, 5.41) is 9.93. The van der Waals surface area contributed by atoms with E-state index in [4.69, 9.17) is 18.8 Å². The largest absolute Gasteiger partial charge is 0.456 e. The van der Waals surface area contributed by atoms with Crippen molar-refractivity contribution in [3.63, 3.8) is 0 Å². The predicted octanol–water partition coefficient (Wildman–Crippen LogP) is 13.3. The van der Waals surface area contributed by atoms with Gasteiger partial charge in [-0.05, 0) is 77.9 Å². The number of aryl methyl sites for hydroxylation is 1. The van der Waals surface area contributed by atoms with Crippen LogP contribution in [-0.2, 0) is 0 Å². The maximum absolute atomic E-state index is 6.72. The summed E-state index contributed by atoms with van der Waals surface area (Å²) < 4.78 is 15.3. The van der Waals surface area contributed by atoms with Crippen molar-refractivity contribution in [3.8, 4) is 28.3 Å². The first-order valence-electron chi connectivity index (χ1n) is 18.2. The van der Waals surface area contributed by atoms with Crippen LogP contribution in [0.3, 0.4) is 0 Å². The van der Waals surface area contributed by atoms with E-state index in [1.807, 2.05) is 24.3 Å². The number of fused-ring (bicyclic) bond motifs is 11. The van der Waals surface area contributed by atoms with Crippen LogP contribution in [-0.4, -0.2) is 14.5 Å². The van der Waals surface area contributed by atoms with Crippen molar-refractivity contribution in [1.82, 2.24) is 14.5 Å². The molecule has 0 fully saturated rings. The first-order valence-corrected chi connectivity index (χ1v) is 18.2. The Morgan fingerprint density at radius 2 is 1.17 bits per heavy atom. The van der Waals surface area contributed by atoms with Gasteiger partial charge in [-0.25, -0.2) is 9.97 Å². The molecule has 0 radical (unpaired) electrons. The zero-order valence-electron chi connectivity index (χ0n) is 29.2. The molecule has 5 heteroatoms. The van der Waals surface area contributed by atoms with Gasteiger partial charge < -0.3 is 8.83 Å². The predicted molar refractivity (Wildman–Crippen MR) is 222 cm³/mol. The summed E-state index contributed by atoms with van der Waals surface area (Å²) in [7, 11) is 0. The van der Waals surface area contributed by atoms with Gasteiger partial charge in [0.15, 0.2) is 0 Å². The van der Waals surface area contributed by atoms with Gasteiger partial charge in [-0.15, -0.1) is 0 Å². The van der Waals surface area contributed by atoms with Crippen LogP contribution in [0.2, 0.25) is 0 Å². The quantitative estimate of drug-likeness (QED) is 0.185. The van der Waals surface area contributed by atoms with Gasteiger partial charge in [0, 0.05) is 54.9 Å². The van der Waals surface area contributed by atoms with E-state index in [9.17, 15) is 0 Å². The Balaban J connectivity index is 1.18. The first-order chi connectivity index (χ1) is 26.6. The molecule has 0 amide bonds. The second kappa shape index (κ2) is 10.9. The maximum atomic E-state index is 6.72. The van der Waals surface area contributed by atoms with Gasteiger partial charge in [0.25, 0.3) is 0 Å². The lowest BCUT2D eigenvalue weighted by molar-refractivity contribution is 0.669. The van der Waals surface area contributed by atoms with Gasteiger partial charge in [0.2, 0.25) is 5.95 Å². The molecule has 252 valence electrons. The Morgan fingerprint density at radius 3 is 2.06 bits per heavy atom. The third-order valence-electron chi connectivity index (χ3n) is 11.0. The van der Waals surface area contributed by atoms with E-state index in [1.54, 1.807) is 0 Å². The van der Waals surface area contributed by atoms with Gasteiger partial charge in [0.1, 0.15) is 22.3 Å². The molecule has 4 aromatic heterocycles. The summed E-state index contributed by atoms with van der Waals surface area (Å²) in [4.78, 5) is 10.8. The zero-order valence-corrected chi connectivity index (χ0v) is 29.2. The summed E-state index contributed by atoms with van der Waals surface area (Å²) in [5.41, 5.74) is 11.5. The molecule has 0 N–H and O–H groups in total. The maximum Gasteiger partial charge on any atom is 0.235 e. The number of nitrogens with zero attached hydrogens (tertiary/aromatic N) is 3. The van der Waals surface area contributed by atoms with Crippen molar-refractivity contribution in [3.05, 3.63) is 163 Å². The van der Waals surface area contributed by atoms with E-state index < -0.39 is 0 Å². The molecule has 54 heavy (non-hydrogen) atoms. The molecule has 4 heterocycles. The minimum absolute atomic E-state index is 0.604. The molecule has 0 aliphatic rings. The van der Waals surface area contributed by atoms with Crippen LogP contribution in [0.1, 0.15) is 5.56 Å². The Morgan fingerprint density at radius 1 is 0.444 bits per heavy atom. The highest BCUT2D eigenvalue weighted by Gasteiger charge is 2.22. The fraction of sp³-hybridized carbons (Fsp3) is 0.0204. The summed E-state index contributed by atoms with van der Waals surface area (Å²) in [6.07, 6.45) is 0. The van der Waals surface area contributed by atoms with Gasteiger partial charge in [-0.1, -0.05) is 103 Å². The van der Waals surface area contributed by atoms with Crippen molar-refractivity contribution < 1.29 is 8.83 Å². The number of benzene rings is 8. The average Bonchev–Trinajstić information content (AvgIpc) is 3.87. The van der Waals surface area contributed by atoms with Crippen molar-refractivity contribution in [2.75, 3.05) is 0 Å². The molecule has 5 nitrogen and oxygen atoms in total. The van der Waals surface area contributed by atoms with Gasteiger partial charge in [0.05, 0.1) is 22.2 Å². The average molecular weight is 692 g/mol. The topological polar surface area (TPSA) is 57.0 Å². The van der Waals surface area contributed by atoms with Crippen LogP contribution in [0.5, 0.6) is 0 Å². The summed E-state index contributed by atoms with van der Waals surface area (Å²) >= 11 is 0. The van der Waals surface area contributed by atoms with Crippen molar-refractivity contribution in [1.29, 1.82) is 0 Å². The Bertz CT molecular complexity index is 3520. The molecule has 0 bridgehead atoms. The molecule has 0 spiro atoms. The van der Waals surface area contributed by atoms with Crippen LogP contribution in [0.25, 0.3) is 116 Å². The van der Waals surface area contributed by atoms with Gasteiger partial charge in [-0.2, -0.15) is 0 Å². The van der Waals surface area contributed by atoms with E-state index in [1.165, 1.54) is 10.9 Å². The minimum atomic E-state index is 0.604. The minimum Gasteiger partial charge on any atom is -0.456 e. The van der Waals surface area contributed by atoms with Crippen molar-refractivity contribution in [2.24, 2.45) is 0 Å². The second-order valence-electron chi connectivity index (χ2n) is 14.3. The lowest BCUT2D eigenvalue weighted by Gasteiger charge is -2.13. The van der Waals surface area contributed by atoms with Crippen LogP contribution < -0.4 is 0 Å². The third kappa shape index (κ3) is 4.21. The van der Waals surface area contributed by atoms with E-state index in [2.05, 4.69) is 145 Å². The van der Waals surface area contributed by atoms with E-state index in [0.717, 1.165) is 104 Å². The lowest BCUT2D eigenvalue weighted by atomic mass is 9.96. The number of aromatic nitrogens is 3. The number of para-hydroxylation sites is 2. The molecular formula is C49H29N3O2. The summed E-state index contributed by atoms with van der Waals surface area (Å²) in [6.45, 7) is 2.14.